The van der Waals surface area contributed by atoms with Gasteiger partial charge in [-0.25, -0.2) is 8.42 Å². The molecule has 1 N–H and O–H groups in total. The topological polar surface area (TPSA) is 122 Å². The molecular weight excluding hydrogens is 354 g/mol. The van der Waals surface area contributed by atoms with Crippen LogP contribution in [0.5, 0.6) is 0 Å². The van der Waals surface area contributed by atoms with Crippen LogP contribution in [0, 0.1) is 0 Å². The van der Waals surface area contributed by atoms with E-state index in [1.165, 1.54) is 10.4 Å². The third-order valence-corrected chi connectivity index (χ3v) is 6.44. The highest BCUT2D eigenvalue weighted by Gasteiger charge is 2.39. The molecule has 1 aliphatic heterocycles. The first-order valence-electron chi connectivity index (χ1n) is 7.28. The second kappa shape index (κ2) is 5.84. The summed E-state index contributed by atoms with van der Waals surface area (Å²) in [4.78, 5) is 4.19. The molecule has 0 saturated carbocycles. The molecule has 1 saturated heterocycles. The minimum atomic E-state index is -3.78. The molecule has 9 nitrogen and oxygen atoms in total. The fraction of sp³-hybridized carbons (Fsp3) is 0.385. The van der Waals surface area contributed by atoms with Crippen LogP contribution in [0.3, 0.4) is 0 Å². The van der Waals surface area contributed by atoms with Crippen molar-refractivity contribution in [2.24, 2.45) is 0 Å². The number of hydrogen-bond donors (Lipinski definition) is 1. The molecule has 2 aromatic heterocycles. The van der Waals surface area contributed by atoms with Crippen LogP contribution in [0.1, 0.15) is 30.6 Å². The Hall–Kier alpha value is -1.95. The molecule has 0 spiro atoms. The number of aliphatic hydroxyl groups excluding tert-OH is 1. The predicted molar refractivity (Wildman–Crippen MR) is 83.5 cm³/mol. The van der Waals surface area contributed by atoms with Gasteiger partial charge in [-0.15, -0.1) is 0 Å². The van der Waals surface area contributed by atoms with Crippen molar-refractivity contribution >= 4 is 32.8 Å². The lowest BCUT2D eigenvalue weighted by molar-refractivity contribution is 0.222. The summed E-state index contributed by atoms with van der Waals surface area (Å²) < 4.78 is 40.7. The predicted octanol–water partition coefficient (Wildman–Crippen LogP) is 1.09. The lowest BCUT2D eigenvalue weighted by atomic mass is 10.2. The standard InChI is InChI=1S/C13H13N5O4S2/c19-7-11-14-13(15-22-11)9-4-2-6-18(9)24(20,21)10-5-1-3-8-12(10)17-23-16-8/h1,3,5,9,19H,2,4,6-7H2. The number of fused-ring (bicyclic) bond motifs is 1. The zero-order chi connectivity index (χ0) is 16.7. The molecule has 0 aliphatic carbocycles. The maximum atomic E-state index is 13.1. The van der Waals surface area contributed by atoms with E-state index in [0.29, 0.717) is 30.4 Å². The average molecular weight is 367 g/mol. The van der Waals surface area contributed by atoms with Crippen LogP contribution in [0.15, 0.2) is 27.6 Å². The Bertz CT molecular complexity index is 983. The Kier molecular flexibility index (Phi) is 3.79. The van der Waals surface area contributed by atoms with Crippen LogP contribution in [0.4, 0.5) is 0 Å². The summed E-state index contributed by atoms with van der Waals surface area (Å²) in [5, 5.41) is 12.9. The smallest absolute Gasteiger partial charge is 0.252 e. The Morgan fingerprint density at radius 1 is 1.38 bits per heavy atom. The summed E-state index contributed by atoms with van der Waals surface area (Å²) in [5.41, 5.74) is 0.927. The van der Waals surface area contributed by atoms with Crippen LogP contribution >= 0.6 is 11.7 Å². The summed E-state index contributed by atoms with van der Waals surface area (Å²) in [6, 6.07) is 4.40. The van der Waals surface area contributed by atoms with Gasteiger partial charge in [-0.2, -0.15) is 18.0 Å². The molecule has 3 heterocycles. The van der Waals surface area contributed by atoms with Crippen LogP contribution in [0.2, 0.25) is 0 Å². The van der Waals surface area contributed by atoms with Crippen molar-refractivity contribution < 1.29 is 18.0 Å². The molecule has 4 rings (SSSR count). The van der Waals surface area contributed by atoms with Crippen molar-refractivity contribution in [3.05, 3.63) is 29.9 Å². The van der Waals surface area contributed by atoms with Crippen molar-refractivity contribution in [1.29, 1.82) is 0 Å². The van der Waals surface area contributed by atoms with Gasteiger partial charge in [-0.05, 0) is 25.0 Å². The second-order valence-corrected chi connectivity index (χ2v) is 7.75. The summed E-state index contributed by atoms with van der Waals surface area (Å²) in [7, 11) is -3.78. The Labute approximate surface area is 141 Å². The molecule has 1 aromatic carbocycles. The quantitative estimate of drug-likeness (QED) is 0.727. The summed E-state index contributed by atoms with van der Waals surface area (Å²) in [6.07, 6.45) is 1.28. The maximum Gasteiger partial charge on any atom is 0.252 e. The zero-order valence-corrected chi connectivity index (χ0v) is 14.0. The summed E-state index contributed by atoms with van der Waals surface area (Å²) in [6.45, 7) is -0.0137. The minimum Gasteiger partial charge on any atom is -0.387 e. The van der Waals surface area contributed by atoms with Gasteiger partial charge in [0.25, 0.3) is 5.89 Å². The van der Waals surface area contributed by atoms with E-state index in [9.17, 15) is 8.42 Å². The highest BCUT2D eigenvalue weighted by atomic mass is 32.2. The third kappa shape index (κ3) is 2.40. The zero-order valence-electron chi connectivity index (χ0n) is 12.4. The highest BCUT2D eigenvalue weighted by Crippen LogP contribution is 2.36. The molecule has 0 bridgehead atoms. The highest BCUT2D eigenvalue weighted by molar-refractivity contribution is 7.89. The number of benzene rings is 1. The van der Waals surface area contributed by atoms with E-state index in [2.05, 4.69) is 18.9 Å². The van der Waals surface area contributed by atoms with E-state index < -0.39 is 16.1 Å². The first-order valence-corrected chi connectivity index (χ1v) is 9.45. The molecule has 1 fully saturated rings. The SMILES string of the molecule is O=S(=O)(c1cccc2nsnc12)N1CCCC1c1noc(CO)n1. The lowest BCUT2D eigenvalue weighted by Gasteiger charge is -2.21. The fourth-order valence-corrected chi connectivity index (χ4v) is 5.28. The van der Waals surface area contributed by atoms with E-state index in [-0.39, 0.29) is 23.2 Å². The molecule has 11 heteroatoms. The van der Waals surface area contributed by atoms with Crippen molar-refractivity contribution in [2.45, 2.75) is 30.4 Å². The van der Waals surface area contributed by atoms with Crippen molar-refractivity contribution in [1.82, 2.24) is 23.2 Å². The van der Waals surface area contributed by atoms with Crippen molar-refractivity contribution in [3.63, 3.8) is 0 Å². The molecule has 0 radical (unpaired) electrons. The van der Waals surface area contributed by atoms with Crippen molar-refractivity contribution in [2.75, 3.05) is 6.54 Å². The van der Waals surface area contributed by atoms with Gasteiger partial charge in [0.1, 0.15) is 22.5 Å². The van der Waals surface area contributed by atoms with E-state index in [1.54, 1.807) is 12.1 Å². The Morgan fingerprint density at radius 2 is 2.25 bits per heavy atom. The van der Waals surface area contributed by atoms with Gasteiger partial charge >= 0.3 is 0 Å². The van der Waals surface area contributed by atoms with Gasteiger partial charge in [0.05, 0.1) is 17.8 Å². The minimum absolute atomic E-state index is 0.0695. The molecule has 24 heavy (non-hydrogen) atoms. The average Bonchev–Trinajstić information content (AvgIpc) is 3.31. The number of sulfonamides is 1. The second-order valence-electron chi connectivity index (χ2n) is 5.37. The number of hydrogen-bond acceptors (Lipinski definition) is 9. The first-order chi connectivity index (χ1) is 11.6. The van der Waals surface area contributed by atoms with E-state index in [4.69, 9.17) is 9.63 Å². The summed E-state index contributed by atoms with van der Waals surface area (Å²) >= 11 is 0.979. The van der Waals surface area contributed by atoms with Crippen LogP contribution in [-0.2, 0) is 16.6 Å². The Morgan fingerprint density at radius 3 is 3.04 bits per heavy atom. The normalized spacial score (nSPS) is 19.3. The van der Waals surface area contributed by atoms with Gasteiger partial charge in [-0.3, -0.25) is 0 Å². The van der Waals surface area contributed by atoms with Gasteiger partial charge in [0.2, 0.25) is 10.0 Å². The molecule has 1 atom stereocenters. The molecule has 126 valence electrons. The molecule has 1 aliphatic rings. The molecule has 0 amide bonds. The van der Waals surface area contributed by atoms with Gasteiger partial charge < -0.3 is 9.63 Å². The van der Waals surface area contributed by atoms with E-state index >= 15 is 0 Å². The molecular formula is C13H13N5O4S2. The Balaban J connectivity index is 1.77. The number of aliphatic hydroxyl groups is 1. The van der Waals surface area contributed by atoms with Gasteiger partial charge in [0.15, 0.2) is 5.82 Å². The number of rotatable bonds is 4. The van der Waals surface area contributed by atoms with Gasteiger partial charge in [0, 0.05) is 6.54 Å². The fourth-order valence-electron chi connectivity index (χ4n) is 2.87. The third-order valence-electron chi connectivity index (χ3n) is 3.96. The first kappa shape index (κ1) is 15.6. The lowest BCUT2D eigenvalue weighted by Crippen LogP contribution is -2.31. The molecule has 3 aromatic rings. The van der Waals surface area contributed by atoms with E-state index in [0.717, 1.165) is 11.7 Å². The largest absolute Gasteiger partial charge is 0.387 e. The molecule has 1 unspecified atom stereocenters. The van der Waals surface area contributed by atoms with Crippen LogP contribution < -0.4 is 0 Å². The van der Waals surface area contributed by atoms with Crippen LogP contribution in [-0.4, -0.2) is 43.3 Å². The number of nitrogens with zero attached hydrogens (tertiary/aromatic N) is 5. The van der Waals surface area contributed by atoms with E-state index in [1.807, 2.05) is 0 Å². The monoisotopic (exact) mass is 367 g/mol. The maximum absolute atomic E-state index is 13.1. The van der Waals surface area contributed by atoms with Crippen molar-refractivity contribution in [3.8, 4) is 0 Å². The summed E-state index contributed by atoms with van der Waals surface area (Å²) in [5.74, 6) is 0.337. The van der Waals surface area contributed by atoms with Gasteiger partial charge in [-0.1, -0.05) is 11.2 Å². The number of aromatic nitrogens is 4. The van der Waals surface area contributed by atoms with Crippen LogP contribution in [0.25, 0.3) is 11.0 Å².